The summed E-state index contributed by atoms with van der Waals surface area (Å²) in [5, 5.41) is 2.19. The van der Waals surface area contributed by atoms with Crippen LogP contribution in [0.25, 0.3) is 0 Å². The Labute approximate surface area is 223 Å². The van der Waals surface area contributed by atoms with E-state index < -0.39 is 0 Å². The van der Waals surface area contributed by atoms with Crippen LogP contribution in [-0.2, 0) is 24.4 Å². The van der Waals surface area contributed by atoms with Gasteiger partial charge in [0.15, 0.2) is 0 Å². The van der Waals surface area contributed by atoms with Gasteiger partial charge in [-0.2, -0.15) is 0 Å². The molecular formula is C26H22Cl4FN2O2+. The Morgan fingerprint density at radius 1 is 0.886 bits per heavy atom. The Morgan fingerprint density at radius 3 is 2.31 bits per heavy atom. The van der Waals surface area contributed by atoms with Crippen molar-refractivity contribution in [2.45, 2.75) is 25.8 Å². The topological polar surface area (TPSA) is 27.3 Å². The number of ether oxygens (including phenoxy) is 2. The van der Waals surface area contributed by atoms with Gasteiger partial charge in [0, 0.05) is 25.7 Å². The first kappa shape index (κ1) is 25.8. The number of imidazole rings is 1. The lowest BCUT2D eigenvalue weighted by Gasteiger charge is -2.19. The molecule has 182 valence electrons. The van der Waals surface area contributed by atoms with Gasteiger partial charge in [0.25, 0.3) is 0 Å². The van der Waals surface area contributed by atoms with E-state index in [2.05, 4.69) is 0 Å². The predicted octanol–water partition coefficient (Wildman–Crippen LogP) is 7.57. The minimum absolute atomic E-state index is 0.284. The first-order valence-electron chi connectivity index (χ1n) is 10.8. The van der Waals surface area contributed by atoms with Crippen molar-refractivity contribution in [3.63, 3.8) is 0 Å². The number of hydrogen-bond donors (Lipinski definition) is 0. The molecule has 0 radical (unpaired) electrons. The van der Waals surface area contributed by atoms with E-state index in [0.717, 1.165) is 11.1 Å². The van der Waals surface area contributed by atoms with Crippen molar-refractivity contribution in [3.8, 4) is 5.75 Å². The van der Waals surface area contributed by atoms with Gasteiger partial charge in [0.1, 0.15) is 49.8 Å². The quantitative estimate of drug-likeness (QED) is 0.189. The molecule has 0 aliphatic heterocycles. The van der Waals surface area contributed by atoms with E-state index >= 15 is 0 Å². The second-order valence-electron chi connectivity index (χ2n) is 7.85. The fraction of sp³-hybridized carbons (Fsp3) is 0.192. The lowest BCUT2D eigenvalue weighted by molar-refractivity contribution is -0.704. The highest BCUT2D eigenvalue weighted by Gasteiger charge is 2.20. The molecule has 9 heteroatoms. The van der Waals surface area contributed by atoms with Crippen molar-refractivity contribution in [2.24, 2.45) is 0 Å². The van der Waals surface area contributed by atoms with Crippen molar-refractivity contribution in [3.05, 3.63) is 116 Å². The van der Waals surface area contributed by atoms with Crippen LogP contribution in [0.1, 0.15) is 17.2 Å². The highest BCUT2D eigenvalue weighted by molar-refractivity contribution is 6.35. The molecule has 1 aromatic heterocycles. The van der Waals surface area contributed by atoms with E-state index in [1.165, 1.54) is 12.1 Å². The van der Waals surface area contributed by atoms with E-state index in [0.29, 0.717) is 45.5 Å². The second kappa shape index (κ2) is 12.1. The van der Waals surface area contributed by atoms with Gasteiger partial charge in [-0.25, -0.2) is 13.5 Å². The van der Waals surface area contributed by atoms with Gasteiger partial charge in [-0.15, -0.1) is 0 Å². The van der Waals surface area contributed by atoms with Crippen LogP contribution in [0, 0.1) is 5.82 Å². The molecule has 1 heterocycles. The molecule has 0 bridgehead atoms. The monoisotopic (exact) mass is 553 g/mol. The molecule has 0 aliphatic rings. The molecular weight excluding hydrogens is 533 g/mol. The second-order valence-corrected chi connectivity index (χ2v) is 9.54. The zero-order chi connectivity index (χ0) is 24.8. The van der Waals surface area contributed by atoms with Crippen LogP contribution in [0.2, 0.25) is 20.1 Å². The Morgan fingerprint density at radius 2 is 1.60 bits per heavy atom. The van der Waals surface area contributed by atoms with E-state index in [1.54, 1.807) is 36.4 Å². The highest BCUT2D eigenvalue weighted by Crippen LogP contribution is 2.30. The summed E-state index contributed by atoms with van der Waals surface area (Å²) < 4.78 is 29.0. The Bertz CT molecular complexity index is 1280. The first-order chi connectivity index (χ1) is 16.9. The van der Waals surface area contributed by atoms with Crippen LogP contribution < -0.4 is 9.30 Å². The Kier molecular flexibility index (Phi) is 8.93. The van der Waals surface area contributed by atoms with Gasteiger partial charge >= 0.3 is 0 Å². The van der Waals surface area contributed by atoms with Crippen LogP contribution in [0.3, 0.4) is 0 Å². The molecule has 0 N–H and O–H groups in total. The van der Waals surface area contributed by atoms with Crippen molar-refractivity contribution >= 4 is 46.4 Å². The predicted molar refractivity (Wildman–Crippen MR) is 137 cm³/mol. The first-order valence-corrected chi connectivity index (χ1v) is 12.3. The largest absolute Gasteiger partial charge is 0.489 e. The Balaban J connectivity index is 1.43. The summed E-state index contributed by atoms with van der Waals surface area (Å²) in [4.78, 5) is 0. The number of rotatable bonds is 10. The zero-order valence-electron chi connectivity index (χ0n) is 18.5. The maximum Gasteiger partial charge on any atom is 0.243 e. The lowest BCUT2D eigenvalue weighted by atomic mass is 10.1. The number of nitrogens with zero attached hydrogens (tertiary/aromatic N) is 2. The molecule has 0 saturated heterocycles. The average molecular weight is 555 g/mol. The molecule has 1 atom stereocenters. The molecule has 0 saturated carbocycles. The minimum Gasteiger partial charge on any atom is -0.489 e. The fourth-order valence-electron chi connectivity index (χ4n) is 3.50. The molecule has 4 nitrogen and oxygen atoms in total. The van der Waals surface area contributed by atoms with Crippen LogP contribution in [0.15, 0.2) is 79.4 Å². The molecule has 0 fully saturated rings. The van der Waals surface area contributed by atoms with Crippen molar-refractivity contribution < 1.29 is 18.4 Å². The summed E-state index contributed by atoms with van der Waals surface area (Å²) in [6.07, 6.45) is 5.50. The van der Waals surface area contributed by atoms with E-state index in [1.807, 2.05) is 40.0 Å². The molecule has 4 aromatic rings. The molecule has 1 unspecified atom stereocenters. The Hall–Kier alpha value is -2.28. The average Bonchev–Trinajstić information content (AvgIpc) is 3.26. The molecule has 0 amide bonds. The zero-order valence-corrected chi connectivity index (χ0v) is 21.5. The maximum atomic E-state index is 13.0. The highest BCUT2D eigenvalue weighted by atomic mass is 35.5. The third-order valence-corrected chi connectivity index (χ3v) is 6.47. The normalized spacial score (nSPS) is 12.0. The third-order valence-electron chi connectivity index (χ3n) is 5.32. The minimum atomic E-state index is -0.358. The van der Waals surface area contributed by atoms with Gasteiger partial charge in [-0.3, -0.25) is 0 Å². The van der Waals surface area contributed by atoms with E-state index in [4.69, 9.17) is 55.9 Å². The summed E-state index contributed by atoms with van der Waals surface area (Å²) in [7, 11) is 0. The molecule has 0 spiro atoms. The summed E-state index contributed by atoms with van der Waals surface area (Å²) in [6, 6.07) is 16.6. The lowest BCUT2D eigenvalue weighted by Crippen LogP contribution is -2.35. The smallest absolute Gasteiger partial charge is 0.243 e. The molecule has 3 aromatic carbocycles. The van der Waals surface area contributed by atoms with Crippen molar-refractivity contribution in [1.29, 1.82) is 0 Å². The molecule has 35 heavy (non-hydrogen) atoms. The van der Waals surface area contributed by atoms with Gasteiger partial charge in [-0.1, -0.05) is 58.5 Å². The van der Waals surface area contributed by atoms with Gasteiger partial charge in [-0.05, 0) is 54.1 Å². The summed E-state index contributed by atoms with van der Waals surface area (Å²) in [5.74, 6) is 0.331. The number of halogens is 5. The van der Waals surface area contributed by atoms with Crippen molar-refractivity contribution in [1.82, 2.24) is 4.57 Å². The third kappa shape index (κ3) is 7.35. The van der Waals surface area contributed by atoms with Gasteiger partial charge in [0.05, 0.1) is 6.61 Å². The number of hydrogen-bond acceptors (Lipinski definition) is 2. The van der Waals surface area contributed by atoms with Crippen LogP contribution in [0.4, 0.5) is 4.39 Å². The van der Waals surface area contributed by atoms with Gasteiger partial charge < -0.3 is 9.47 Å². The summed E-state index contributed by atoms with van der Waals surface area (Å²) in [5.41, 5.74) is 1.65. The summed E-state index contributed by atoms with van der Waals surface area (Å²) >= 11 is 24.9. The summed E-state index contributed by atoms with van der Waals surface area (Å²) in [6.45, 7) is 1.86. The number of aromatic nitrogens is 2. The van der Waals surface area contributed by atoms with Crippen LogP contribution in [0.5, 0.6) is 5.75 Å². The fourth-order valence-corrected chi connectivity index (χ4v) is 4.50. The van der Waals surface area contributed by atoms with Crippen LogP contribution in [-0.4, -0.2) is 11.2 Å². The standard InChI is InChI=1S/C26H22Cl4FN2O2/c27-19-2-1-18(24(29)13-19)16-35-26(23-8-3-20(28)14-25(23)30)15-33-10-9-32(17-33)11-12-34-22-6-4-21(31)5-7-22/h1-10,13-14,17,26H,11-12,15-16H2/q+1. The van der Waals surface area contributed by atoms with Crippen molar-refractivity contribution in [2.75, 3.05) is 6.61 Å². The van der Waals surface area contributed by atoms with E-state index in [9.17, 15) is 4.39 Å². The SMILES string of the molecule is Fc1ccc(OCCn2cc[n+](CC(OCc3ccc(Cl)cc3Cl)c3ccc(Cl)cc3Cl)c2)cc1. The number of benzene rings is 3. The maximum absolute atomic E-state index is 13.0. The van der Waals surface area contributed by atoms with E-state index in [-0.39, 0.29) is 18.5 Å². The van der Waals surface area contributed by atoms with Gasteiger partial charge in [0.2, 0.25) is 6.33 Å². The van der Waals surface area contributed by atoms with Crippen LogP contribution >= 0.6 is 46.4 Å². The molecule has 0 aliphatic carbocycles. The molecule has 4 rings (SSSR count).